The molecule has 0 radical (unpaired) electrons. The first-order valence-corrected chi connectivity index (χ1v) is 10.8. The van der Waals surface area contributed by atoms with Crippen molar-refractivity contribution >= 4 is 49.4 Å². The van der Waals surface area contributed by atoms with Gasteiger partial charge < -0.3 is 10.6 Å². The summed E-state index contributed by atoms with van der Waals surface area (Å²) in [7, 11) is 0. The van der Waals surface area contributed by atoms with E-state index in [1.807, 2.05) is 11.8 Å². The van der Waals surface area contributed by atoms with Gasteiger partial charge in [-0.05, 0) is 0 Å². The van der Waals surface area contributed by atoms with E-state index >= 15 is 0 Å². The third kappa shape index (κ3) is 4.39. The molecule has 2 fully saturated rings. The van der Waals surface area contributed by atoms with E-state index in [2.05, 4.69) is 16.0 Å². The van der Waals surface area contributed by atoms with Crippen molar-refractivity contribution in [1.29, 1.82) is 0 Å². The van der Waals surface area contributed by atoms with Crippen LogP contribution in [0.2, 0.25) is 0 Å². The second-order valence-corrected chi connectivity index (χ2v) is 8.79. The molecule has 1 aromatic rings. The molecule has 1 aromatic carbocycles. The Morgan fingerprint density at radius 1 is 1.25 bits per heavy atom. The van der Waals surface area contributed by atoms with E-state index in [4.69, 9.17) is 0 Å². The molecule has 0 bridgehead atoms. The fourth-order valence-electron chi connectivity index (χ4n) is 3.10. The normalized spacial score (nSPS) is 25.2. The van der Waals surface area contributed by atoms with Crippen molar-refractivity contribution in [2.45, 2.75) is 43.0 Å². The number of unbranched alkanes of at least 4 members (excludes halogenated alkanes) is 1. The quantitative estimate of drug-likeness (QED) is 0.357. The third-order valence-electron chi connectivity index (χ3n) is 4.34. The van der Waals surface area contributed by atoms with Gasteiger partial charge in [-0.1, -0.05) is 0 Å². The molecular formula is C16H20AsN3O3S. The van der Waals surface area contributed by atoms with Crippen LogP contribution in [0.4, 0.5) is 10.5 Å². The maximum atomic E-state index is 11.9. The summed E-state index contributed by atoms with van der Waals surface area (Å²) in [5, 5.41) is 9.23. The van der Waals surface area contributed by atoms with Crippen molar-refractivity contribution in [3.63, 3.8) is 0 Å². The summed E-state index contributed by atoms with van der Waals surface area (Å²) in [5.74, 6) is 0.974. The van der Waals surface area contributed by atoms with E-state index in [1.54, 1.807) is 24.3 Å². The number of nitrogens with one attached hydrogen (secondary N) is 3. The number of fused-ring (bicyclic) bond motifs is 1. The van der Waals surface area contributed by atoms with Crippen molar-refractivity contribution < 1.29 is 13.3 Å². The zero-order valence-electron chi connectivity index (χ0n) is 13.2. The SMILES string of the molecule is O=[As]c1ccc(NC(=O)CCCCC2SC[C@H]3NC(=O)N[C@@H]23)cc1. The van der Waals surface area contributed by atoms with Crippen LogP contribution < -0.4 is 20.3 Å². The molecule has 3 atom stereocenters. The van der Waals surface area contributed by atoms with Gasteiger partial charge in [-0.3, -0.25) is 0 Å². The molecule has 0 aliphatic carbocycles. The standard InChI is InChI=1S/C16H20AsN3O3S/c21-14(18-11-7-5-10(17-23)6-8-11)4-2-1-3-13-15-12(9-24-13)19-16(22)20-15/h5-8,12-13,15H,1-4,9H2,(H,18,21)(H2,19,20,22)/t12-,13?,15-/m1/s1. The molecular weight excluding hydrogens is 389 g/mol. The Morgan fingerprint density at radius 2 is 2.04 bits per heavy atom. The number of amides is 3. The Bertz CT molecular complexity index is 625. The molecule has 2 aliphatic heterocycles. The number of thioether (sulfide) groups is 1. The maximum absolute atomic E-state index is 11.9. The van der Waals surface area contributed by atoms with Crippen LogP contribution in [0.5, 0.6) is 0 Å². The molecule has 3 rings (SSSR count). The summed E-state index contributed by atoms with van der Waals surface area (Å²) in [4.78, 5) is 23.3. The number of carbonyl (C=O) groups excluding carboxylic acids is 2. The van der Waals surface area contributed by atoms with Gasteiger partial charge >= 0.3 is 125 Å². The van der Waals surface area contributed by atoms with Crippen LogP contribution in [0.3, 0.4) is 0 Å². The van der Waals surface area contributed by atoms with Crippen LogP contribution >= 0.6 is 11.8 Å². The van der Waals surface area contributed by atoms with Gasteiger partial charge in [0.25, 0.3) is 0 Å². The number of benzene rings is 1. The molecule has 2 aliphatic rings. The van der Waals surface area contributed by atoms with Gasteiger partial charge in [0.05, 0.1) is 6.04 Å². The topological polar surface area (TPSA) is 87.3 Å². The number of hydrogen-bond acceptors (Lipinski definition) is 4. The first kappa shape index (κ1) is 17.5. The fourth-order valence-corrected chi connectivity index (χ4v) is 5.21. The van der Waals surface area contributed by atoms with Gasteiger partial charge in [-0.15, -0.1) is 0 Å². The predicted molar refractivity (Wildman–Crippen MR) is 95.1 cm³/mol. The summed E-state index contributed by atoms with van der Waals surface area (Å²) < 4.78 is 11.6. The summed E-state index contributed by atoms with van der Waals surface area (Å²) in [5.41, 5.74) is 0.743. The zero-order valence-corrected chi connectivity index (χ0v) is 15.9. The van der Waals surface area contributed by atoms with Crippen molar-refractivity contribution in [2.75, 3.05) is 11.1 Å². The zero-order chi connectivity index (χ0) is 16.9. The van der Waals surface area contributed by atoms with Crippen molar-refractivity contribution in [3.8, 4) is 0 Å². The van der Waals surface area contributed by atoms with E-state index in [9.17, 15) is 13.3 Å². The molecule has 128 valence electrons. The van der Waals surface area contributed by atoms with E-state index in [-0.39, 0.29) is 24.0 Å². The van der Waals surface area contributed by atoms with E-state index in [1.165, 1.54) is 0 Å². The molecule has 2 heterocycles. The van der Waals surface area contributed by atoms with Gasteiger partial charge in [0.15, 0.2) is 0 Å². The third-order valence-corrected chi connectivity index (χ3v) is 6.91. The Balaban J connectivity index is 1.35. The first-order valence-electron chi connectivity index (χ1n) is 8.07. The molecule has 2 saturated heterocycles. The van der Waals surface area contributed by atoms with Crippen LogP contribution in [-0.2, 0) is 8.53 Å². The van der Waals surface area contributed by atoms with Crippen LogP contribution in [-0.4, -0.2) is 50.7 Å². The molecule has 3 amide bonds. The van der Waals surface area contributed by atoms with Crippen LogP contribution in [0.25, 0.3) is 0 Å². The molecule has 3 N–H and O–H groups in total. The van der Waals surface area contributed by atoms with Crippen molar-refractivity contribution in [2.24, 2.45) is 0 Å². The molecule has 0 saturated carbocycles. The second kappa shape index (κ2) is 8.17. The van der Waals surface area contributed by atoms with Gasteiger partial charge in [0.2, 0.25) is 0 Å². The summed E-state index contributed by atoms with van der Waals surface area (Å²) in [6.45, 7) is 0. The van der Waals surface area contributed by atoms with Gasteiger partial charge in [0.1, 0.15) is 0 Å². The van der Waals surface area contributed by atoms with Gasteiger partial charge in [-0.2, -0.15) is 0 Å². The summed E-state index contributed by atoms with van der Waals surface area (Å²) in [6, 6.07) is 7.56. The number of carbonyl (C=O) groups is 2. The number of rotatable bonds is 7. The summed E-state index contributed by atoms with van der Waals surface area (Å²) in [6.07, 6.45) is 3.32. The average Bonchev–Trinajstić information content (AvgIpc) is 3.12. The van der Waals surface area contributed by atoms with Crippen LogP contribution in [0.15, 0.2) is 24.3 Å². The minimum atomic E-state index is -1.01. The Kier molecular flexibility index (Phi) is 5.95. The molecule has 24 heavy (non-hydrogen) atoms. The Hall–Kier alpha value is -1.33. The van der Waals surface area contributed by atoms with Crippen molar-refractivity contribution in [3.05, 3.63) is 24.3 Å². The predicted octanol–water partition coefficient (Wildman–Crippen LogP) is 1.03. The molecule has 8 heteroatoms. The molecule has 0 spiro atoms. The molecule has 0 aromatic heterocycles. The van der Waals surface area contributed by atoms with Gasteiger partial charge in [-0.25, -0.2) is 4.79 Å². The minimum absolute atomic E-state index is 0.00549. The monoisotopic (exact) mass is 409 g/mol. The van der Waals surface area contributed by atoms with Crippen LogP contribution in [0, 0.1) is 0 Å². The number of anilines is 1. The Morgan fingerprint density at radius 3 is 2.79 bits per heavy atom. The fraction of sp³-hybridized carbons (Fsp3) is 0.500. The average molecular weight is 409 g/mol. The number of hydrogen-bond donors (Lipinski definition) is 3. The summed E-state index contributed by atoms with van der Waals surface area (Å²) >= 11 is 0.889. The number of urea groups is 1. The van der Waals surface area contributed by atoms with Crippen LogP contribution in [0.1, 0.15) is 25.7 Å². The van der Waals surface area contributed by atoms with E-state index in [0.717, 1.165) is 35.1 Å². The second-order valence-electron chi connectivity index (χ2n) is 6.05. The van der Waals surface area contributed by atoms with E-state index in [0.29, 0.717) is 11.7 Å². The first-order chi connectivity index (χ1) is 11.7. The van der Waals surface area contributed by atoms with Gasteiger partial charge in [0, 0.05) is 5.75 Å². The van der Waals surface area contributed by atoms with Crippen molar-refractivity contribution in [1.82, 2.24) is 10.6 Å². The Labute approximate surface area is 151 Å². The van der Waals surface area contributed by atoms with E-state index < -0.39 is 15.7 Å². The molecule has 1 unspecified atom stereocenters. The molecule has 6 nitrogen and oxygen atoms in total.